The summed E-state index contributed by atoms with van der Waals surface area (Å²) in [4.78, 5) is 12.7. The van der Waals surface area contributed by atoms with E-state index in [4.69, 9.17) is 10.5 Å². The molecule has 0 spiro atoms. The molecule has 0 aliphatic carbocycles. The third-order valence-corrected chi connectivity index (χ3v) is 3.82. The second-order valence-corrected chi connectivity index (χ2v) is 5.17. The number of benzene rings is 2. The number of nitriles is 3. The second kappa shape index (κ2) is 6.54. The summed E-state index contributed by atoms with van der Waals surface area (Å²) in [7, 11) is 0. The van der Waals surface area contributed by atoms with Crippen molar-refractivity contribution in [2.24, 2.45) is 0 Å². The van der Waals surface area contributed by atoms with Crippen molar-refractivity contribution in [1.29, 1.82) is 15.8 Å². The SMILES string of the molecule is N#CC(C#N)=C(C#N)C=Cn1c2ccccc2c(=O)c2ccccc21. The van der Waals surface area contributed by atoms with E-state index in [2.05, 4.69) is 0 Å². The summed E-state index contributed by atoms with van der Waals surface area (Å²) in [5.74, 6) is 0. The molecule has 0 aliphatic heterocycles. The van der Waals surface area contributed by atoms with Crippen LogP contribution in [0.25, 0.3) is 28.0 Å². The maximum absolute atomic E-state index is 12.7. The quantitative estimate of drug-likeness (QED) is 0.410. The van der Waals surface area contributed by atoms with Gasteiger partial charge in [0.25, 0.3) is 0 Å². The molecule has 0 radical (unpaired) electrons. The van der Waals surface area contributed by atoms with Gasteiger partial charge in [-0.3, -0.25) is 4.79 Å². The van der Waals surface area contributed by atoms with E-state index in [9.17, 15) is 10.1 Å². The van der Waals surface area contributed by atoms with Gasteiger partial charge in [-0.15, -0.1) is 0 Å². The van der Waals surface area contributed by atoms with E-state index < -0.39 is 0 Å². The molecule has 3 aromatic rings. The standard InChI is InChI=1S/C20H10N4O/c21-11-14(15(12-22)13-23)9-10-24-18-7-3-1-5-16(18)20(25)17-6-2-4-8-19(17)24/h1-10H. The normalized spacial score (nSPS) is 10.3. The van der Waals surface area contributed by atoms with E-state index >= 15 is 0 Å². The van der Waals surface area contributed by atoms with Crippen LogP contribution < -0.4 is 5.43 Å². The van der Waals surface area contributed by atoms with Crippen molar-refractivity contribution in [3.63, 3.8) is 0 Å². The zero-order valence-corrected chi connectivity index (χ0v) is 13.0. The number of para-hydroxylation sites is 2. The molecule has 0 N–H and O–H groups in total. The average Bonchev–Trinajstić information content (AvgIpc) is 2.67. The van der Waals surface area contributed by atoms with E-state index in [1.165, 1.54) is 6.08 Å². The van der Waals surface area contributed by atoms with Crippen LogP contribution >= 0.6 is 0 Å². The van der Waals surface area contributed by atoms with Gasteiger partial charge in [-0.05, 0) is 30.3 Å². The number of allylic oxidation sites excluding steroid dienone is 3. The molecule has 3 rings (SSSR count). The molecule has 1 heterocycles. The maximum atomic E-state index is 12.7. The Hall–Kier alpha value is -4.14. The van der Waals surface area contributed by atoms with Crippen LogP contribution in [0.15, 0.2) is 70.5 Å². The molecule has 5 nitrogen and oxygen atoms in total. The van der Waals surface area contributed by atoms with E-state index in [1.807, 2.05) is 18.2 Å². The molecule has 5 heteroatoms. The van der Waals surface area contributed by atoms with Crippen LogP contribution in [0.5, 0.6) is 0 Å². The zero-order valence-electron chi connectivity index (χ0n) is 13.0. The van der Waals surface area contributed by atoms with Crippen LogP contribution in [0.2, 0.25) is 0 Å². The zero-order chi connectivity index (χ0) is 17.8. The minimum Gasteiger partial charge on any atom is -0.316 e. The van der Waals surface area contributed by atoms with E-state index in [1.54, 1.807) is 59.3 Å². The number of nitrogens with zero attached hydrogens (tertiary/aromatic N) is 4. The second-order valence-electron chi connectivity index (χ2n) is 5.17. The van der Waals surface area contributed by atoms with Crippen molar-refractivity contribution in [2.75, 3.05) is 0 Å². The molecule has 0 fully saturated rings. The molecule has 0 saturated heterocycles. The van der Waals surface area contributed by atoms with Crippen molar-refractivity contribution in [3.8, 4) is 18.2 Å². The highest BCUT2D eigenvalue weighted by Gasteiger charge is 2.09. The molecule has 0 amide bonds. The van der Waals surface area contributed by atoms with Crippen LogP contribution in [0.1, 0.15) is 0 Å². The number of rotatable bonds is 2. The van der Waals surface area contributed by atoms with Crippen molar-refractivity contribution in [1.82, 2.24) is 4.57 Å². The molecular formula is C20H10N4O. The summed E-state index contributed by atoms with van der Waals surface area (Å²) in [6.07, 6.45) is 3.00. The predicted octanol–water partition coefficient (Wildman–Crippen LogP) is 3.49. The van der Waals surface area contributed by atoms with Crippen molar-refractivity contribution >= 4 is 28.0 Å². The smallest absolute Gasteiger partial charge is 0.197 e. The Morgan fingerprint density at radius 2 is 1.36 bits per heavy atom. The first kappa shape index (κ1) is 15.7. The molecule has 0 aliphatic rings. The fourth-order valence-corrected chi connectivity index (χ4v) is 2.66. The Morgan fingerprint density at radius 3 is 1.84 bits per heavy atom. The largest absolute Gasteiger partial charge is 0.316 e. The summed E-state index contributed by atoms with van der Waals surface area (Å²) >= 11 is 0. The minimum absolute atomic E-state index is 0.0307. The van der Waals surface area contributed by atoms with Crippen LogP contribution in [0, 0.1) is 34.0 Å². The molecular weight excluding hydrogens is 312 g/mol. The highest BCUT2D eigenvalue weighted by Crippen LogP contribution is 2.20. The van der Waals surface area contributed by atoms with Gasteiger partial charge in [0.1, 0.15) is 23.8 Å². The average molecular weight is 322 g/mol. The van der Waals surface area contributed by atoms with Gasteiger partial charge in [0.2, 0.25) is 0 Å². The molecule has 2 aromatic carbocycles. The summed E-state index contributed by atoms with van der Waals surface area (Å²) in [5, 5.41) is 28.2. The topological polar surface area (TPSA) is 93.4 Å². The van der Waals surface area contributed by atoms with Crippen LogP contribution in [0.4, 0.5) is 0 Å². The van der Waals surface area contributed by atoms with Crippen molar-refractivity contribution < 1.29 is 0 Å². The van der Waals surface area contributed by atoms with Gasteiger partial charge in [-0.1, -0.05) is 24.3 Å². The highest BCUT2D eigenvalue weighted by molar-refractivity contribution is 5.95. The molecule has 0 saturated carbocycles. The van der Waals surface area contributed by atoms with Gasteiger partial charge in [-0.2, -0.15) is 15.8 Å². The van der Waals surface area contributed by atoms with Gasteiger partial charge >= 0.3 is 0 Å². The van der Waals surface area contributed by atoms with E-state index in [0.29, 0.717) is 21.8 Å². The Morgan fingerprint density at radius 1 is 0.840 bits per heavy atom. The Labute approximate surface area is 143 Å². The monoisotopic (exact) mass is 322 g/mol. The van der Waals surface area contributed by atoms with Gasteiger partial charge in [0, 0.05) is 17.0 Å². The van der Waals surface area contributed by atoms with Crippen molar-refractivity contribution in [2.45, 2.75) is 0 Å². The van der Waals surface area contributed by atoms with Gasteiger partial charge in [-0.25, -0.2) is 0 Å². The van der Waals surface area contributed by atoms with Crippen LogP contribution in [-0.4, -0.2) is 4.57 Å². The lowest BCUT2D eigenvalue weighted by Crippen LogP contribution is -2.08. The summed E-state index contributed by atoms with van der Waals surface area (Å²) in [6.45, 7) is 0. The van der Waals surface area contributed by atoms with Gasteiger partial charge in [0.15, 0.2) is 5.43 Å². The lowest BCUT2D eigenvalue weighted by atomic mass is 10.1. The number of hydrogen-bond donors (Lipinski definition) is 0. The first-order valence-corrected chi connectivity index (χ1v) is 7.36. The van der Waals surface area contributed by atoms with Gasteiger partial charge < -0.3 is 4.57 Å². The molecule has 0 unspecified atom stereocenters. The third kappa shape index (κ3) is 2.65. The summed E-state index contributed by atoms with van der Waals surface area (Å²) in [5.41, 5.74) is 0.998. The minimum atomic E-state index is -0.256. The lowest BCUT2D eigenvalue weighted by molar-refractivity contribution is 1.26. The fraction of sp³-hybridized carbons (Fsp3) is 0. The Bertz CT molecular complexity index is 1170. The molecule has 1 aromatic heterocycles. The Balaban J connectivity index is 2.38. The molecule has 116 valence electrons. The molecule has 25 heavy (non-hydrogen) atoms. The van der Waals surface area contributed by atoms with E-state index in [-0.39, 0.29) is 16.6 Å². The van der Waals surface area contributed by atoms with Crippen molar-refractivity contribution in [3.05, 3.63) is 76.0 Å². The molecule has 0 bridgehead atoms. The van der Waals surface area contributed by atoms with Crippen LogP contribution in [-0.2, 0) is 0 Å². The fourth-order valence-electron chi connectivity index (χ4n) is 2.66. The van der Waals surface area contributed by atoms with E-state index in [0.717, 1.165) is 0 Å². The highest BCUT2D eigenvalue weighted by atomic mass is 16.1. The molecule has 0 atom stereocenters. The summed E-state index contributed by atoms with van der Waals surface area (Å²) in [6, 6.07) is 19.6. The number of pyridine rings is 1. The first-order valence-electron chi connectivity index (χ1n) is 7.36. The Kier molecular flexibility index (Phi) is 4.12. The van der Waals surface area contributed by atoms with Crippen LogP contribution in [0.3, 0.4) is 0 Å². The van der Waals surface area contributed by atoms with Gasteiger partial charge in [0.05, 0.1) is 16.6 Å². The summed E-state index contributed by atoms with van der Waals surface area (Å²) < 4.78 is 1.77. The predicted molar refractivity (Wildman–Crippen MR) is 94.9 cm³/mol. The number of fused-ring (bicyclic) bond motifs is 2. The maximum Gasteiger partial charge on any atom is 0.197 e. The number of hydrogen-bond acceptors (Lipinski definition) is 4. The lowest BCUT2D eigenvalue weighted by Gasteiger charge is -2.11. The number of aromatic nitrogens is 1. The first-order chi connectivity index (χ1) is 12.2. The third-order valence-electron chi connectivity index (χ3n) is 3.82.